The third-order valence-corrected chi connectivity index (χ3v) is 7.80. The molecular formula is C25H33N5OS. The van der Waals surface area contributed by atoms with Crippen molar-refractivity contribution in [1.82, 2.24) is 19.8 Å². The van der Waals surface area contributed by atoms with Gasteiger partial charge in [-0.25, -0.2) is 9.97 Å². The van der Waals surface area contributed by atoms with Crippen molar-refractivity contribution in [3.05, 3.63) is 51.7 Å². The molecule has 6 nitrogen and oxygen atoms in total. The molecule has 32 heavy (non-hydrogen) atoms. The molecule has 0 radical (unpaired) electrons. The molecule has 3 aromatic rings. The van der Waals surface area contributed by atoms with Crippen LogP contribution in [-0.4, -0.2) is 59.2 Å². The Hall–Kier alpha value is -2.06. The third-order valence-electron chi connectivity index (χ3n) is 6.70. The molecular weight excluding hydrogens is 418 g/mol. The van der Waals surface area contributed by atoms with Crippen LogP contribution in [0.25, 0.3) is 10.2 Å². The lowest BCUT2D eigenvalue weighted by Gasteiger charge is -2.25. The zero-order chi connectivity index (χ0) is 21.9. The van der Waals surface area contributed by atoms with Crippen molar-refractivity contribution in [3.8, 4) is 0 Å². The molecule has 2 aliphatic heterocycles. The van der Waals surface area contributed by atoms with Crippen LogP contribution < -0.4 is 5.32 Å². The number of thiophene rings is 1. The van der Waals surface area contributed by atoms with Crippen LogP contribution in [-0.2, 0) is 24.4 Å². The number of nitrogens with zero attached hydrogens (tertiary/aromatic N) is 4. The first kappa shape index (κ1) is 21.8. The van der Waals surface area contributed by atoms with Crippen LogP contribution in [0.1, 0.15) is 40.2 Å². The Bertz CT molecular complexity index is 1070. The molecule has 2 aromatic heterocycles. The number of aryl methyl sites for hydroxylation is 2. The normalized spacial score (nSPS) is 17.9. The minimum Gasteiger partial charge on any atom is -0.379 e. The number of aromatic nitrogens is 2. The quantitative estimate of drug-likeness (QED) is 0.576. The molecule has 4 heterocycles. The first-order valence-corrected chi connectivity index (χ1v) is 12.6. The Morgan fingerprint density at radius 3 is 2.44 bits per heavy atom. The van der Waals surface area contributed by atoms with Gasteiger partial charge >= 0.3 is 0 Å². The van der Waals surface area contributed by atoms with Gasteiger partial charge in [-0.05, 0) is 56.5 Å². The number of morpholine rings is 1. The predicted molar refractivity (Wildman–Crippen MR) is 131 cm³/mol. The van der Waals surface area contributed by atoms with Gasteiger partial charge in [0.05, 0.1) is 25.1 Å². The molecule has 1 aromatic carbocycles. The van der Waals surface area contributed by atoms with Crippen LogP contribution in [0.5, 0.6) is 0 Å². The highest BCUT2D eigenvalue weighted by Gasteiger charge is 2.18. The number of anilines is 1. The van der Waals surface area contributed by atoms with Crippen molar-refractivity contribution < 1.29 is 4.74 Å². The zero-order valence-corrected chi connectivity index (χ0v) is 20.0. The van der Waals surface area contributed by atoms with Gasteiger partial charge in [0.25, 0.3) is 0 Å². The van der Waals surface area contributed by atoms with Crippen molar-refractivity contribution in [2.75, 3.05) is 44.7 Å². The van der Waals surface area contributed by atoms with Gasteiger partial charge in [-0.3, -0.25) is 9.80 Å². The number of hydrogen-bond acceptors (Lipinski definition) is 7. The Balaban J connectivity index is 1.39. The van der Waals surface area contributed by atoms with Gasteiger partial charge < -0.3 is 10.1 Å². The minimum absolute atomic E-state index is 0.773. The summed E-state index contributed by atoms with van der Waals surface area (Å²) in [6.07, 6.45) is 2.64. The highest BCUT2D eigenvalue weighted by molar-refractivity contribution is 7.18. The fourth-order valence-electron chi connectivity index (χ4n) is 4.70. The maximum Gasteiger partial charge on any atom is 0.146 e. The van der Waals surface area contributed by atoms with Crippen LogP contribution in [0.15, 0.2) is 24.3 Å². The van der Waals surface area contributed by atoms with Gasteiger partial charge in [-0.2, -0.15) is 0 Å². The Morgan fingerprint density at radius 1 is 0.938 bits per heavy atom. The van der Waals surface area contributed by atoms with E-state index >= 15 is 0 Å². The van der Waals surface area contributed by atoms with Crippen molar-refractivity contribution in [2.45, 2.75) is 46.3 Å². The Kier molecular flexibility index (Phi) is 6.69. The van der Waals surface area contributed by atoms with Gasteiger partial charge in [-0.15, -0.1) is 11.3 Å². The summed E-state index contributed by atoms with van der Waals surface area (Å²) < 4.78 is 5.50. The molecule has 0 atom stereocenters. The van der Waals surface area contributed by atoms with Crippen LogP contribution >= 0.6 is 11.3 Å². The standard InChI is InChI=1S/C25H33N5OS/c1-18-19(2)32-25-23(18)24(27-22(28-25)17-30-11-13-31-14-12-30)26-15-20-7-3-4-8-21(20)16-29-9-5-6-10-29/h3-4,7-8H,5-6,9-17H2,1-2H3,(H,26,27,28). The Morgan fingerprint density at radius 2 is 1.66 bits per heavy atom. The molecule has 7 heteroatoms. The second-order valence-electron chi connectivity index (χ2n) is 8.95. The number of hydrogen-bond donors (Lipinski definition) is 1. The monoisotopic (exact) mass is 451 g/mol. The van der Waals surface area contributed by atoms with Crippen molar-refractivity contribution in [1.29, 1.82) is 0 Å². The van der Waals surface area contributed by atoms with Gasteiger partial charge in [0.1, 0.15) is 16.5 Å². The van der Waals surface area contributed by atoms with Gasteiger partial charge in [0.2, 0.25) is 0 Å². The molecule has 0 spiro atoms. The SMILES string of the molecule is Cc1sc2nc(CN3CCOCC3)nc(NCc3ccccc3CN3CCCC3)c2c1C. The van der Waals surface area contributed by atoms with Gasteiger partial charge in [0, 0.05) is 31.1 Å². The summed E-state index contributed by atoms with van der Waals surface area (Å²) in [6, 6.07) is 8.82. The summed E-state index contributed by atoms with van der Waals surface area (Å²) in [5.41, 5.74) is 4.06. The summed E-state index contributed by atoms with van der Waals surface area (Å²) in [7, 11) is 0. The van der Waals surface area contributed by atoms with E-state index in [9.17, 15) is 0 Å². The summed E-state index contributed by atoms with van der Waals surface area (Å²) in [5.74, 6) is 1.87. The average molecular weight is 452 g/mol. The number of benzene rings is 1. The second kappa shape index (κ2) is 9.83. The molecule has 0 unspecified atom stereocenters. The number of rotatable bonds is 7. The lowest BCUT2D eigenvalue weighted by atomic mass is 10.1. The van der Waals surface area contributed by atoms with Gasteiger partial charge in [-0.1, -0.05) is 24.3 Å². The molecule has 170 valence electrons. The van der Waals surface area contributed by atoms with Crippen LogP contribution in [0.4, 0.5) is 5.82 Å². The highest BCUT2D eigenvalue weighted by atomic mass is 32.1. The molecule has 2 saturated heterocycles. The molecule has 1 N–H and O–H groups in total. The van der Waals surface area contributed by atoms with E-state index in [1.807, 2.05) is 0 Å². The smallest absolute Gasteiger partial charge is 0.146 e. The molecule has 0 aliphatic carbocycles. The van der Waals surface area contributed by atoms with E-state index in [0.717, 1.165) is 62.4 Å². The van der Waals surface area contributed by atoms with E-state index in [1.54, 1.807) is 11.3 Å². The van der Waals surface area contributed by atoms with E-state index in [2.05, 4.69) is 53.2 Å². The number of fused-ring (bicyclic) bond motifs is 1. The molecule has 0 saturated carbocycles. The average Bonchev–Trinajstić information content (AvgIpc) is 3.41. The Labute approximate surface area is 194 Å². The summed E-state index contributed by atoms with van der Waals surface area (Å²) in [4.78, 5) is 17.3. The molecule has 2 aliphatic rings. The third kappa shape index (κ3) is 4.81. The molecule has 0 bridgehead atoms. The van der Waals surface area contributed by atoms with Crippen LogP contribution in [0, 0.1) is 13.8 Å². The molecule has 0 amide bonds. The predicted octanol–water partition coefficient (Wildman–Crippen LogP) is 4.35. The number of likely N-dealkylation sites (tertiary alicyclic amines) is 1. The van der Waals surface area contributed by atoms with E-state index in [4.69, 9.17) is 14.7 Å². The summed E-state index contributed by atoms with van der Waals surface area (Å²) in [6.45, 7) is 12.8. The lowest BCUT2D eigenvalue weighted by molar-refractivity contribution is 0.0331. The van der Waals surface area contributed by atoms with E-state index < -0.39 is 0 Å². The number of nitrogens with one attached hydrogen (secondary N) is 1. The fourth-order valence-corrected chi connectivity index (χ4v) is 5.74. The minimum atomic E-state index is 0.773. The second-order valence-corrected chi connectivity index (χ2v) is 10.1. The van der Waals surface area contributed by atoms with Crippen molar-refractivity contribution in [2.24, 2.45) is 0 Å². The zero-order valence-electron chi connectivity index (χ0n) is 19.2. The first-order valence-electron chi connectivity index (χ1n) is 11.8. The fraction of sp³-hybridized carbons (Fsp3) is 0.520. The molecule has 5 rings (SSSR count). The maximum atomic E-state index is 5.50. The van der Waals surface area contributed by atoms with Crippen LogP contribution in [0.2, 0.25) is 0 Å². The largest absolute Gasteiger partial charge is 0.379 e. The van der Waals surface area contributed by atoms with Crippen molar-refractivity contribution >= 4 is 27.4 Å². The van der Waals surface area contributed by atoms with E-state index in [1.165, 1.54) is 52.9 Å². The summed E-state index contributed by atoms with van der Waals surface area (Å²) >= 11 is 1.77. The maximum absolute atomic E-state index is 5.50. The van der Waals surface area contributed by atoms with E-state index in [-0.39, 0.29) is 0 Å². The lowest BCUT2D eigenvalue weighted by Crippen LogP contribution is -2.36. The van der Waals surface area contributed by atoms with Crippen molar-refractivity contribution in [3.63, 3.8) is 0 Å². The first-order chi connectivity index (χ1) is 15.7. The number of ether oxygens (including phenoxy) is 1. The summed E-state index contributed by atoms with van der Waals surface area (Å²) in [5, 5.41) is 4.87. The highest BCUT2D eigenvalue weighted by Crippen LogP contribution is 2.34. The van der Waals surface area contributed by atoms with Crippen LogP contribution in [0.3, 0.4) is 0 Å². The molecule has 2 fully saturated rings. The van der Waals surface area contributed by atoms with E-state index in [0.29, 0.717) is 0 Å². The van der Waals surface area contributed by atoms with Gasteiger partial charge in [0.15, 0.2) is 0 Å². The topological polar surface area (TPSA) is 53.5 Å².